The highest BCUT2D eigenvalue weighted by molar-refractivity contribution is 5.94. The number of carboxylic acid groups (broad SMARTS) is 1. The van der Waals surface area contributed by atoms with Crippen LogP contribution in [0.3, 0.4) is 0 Å². The SMILES string of the molecule is COc1cc(C(=O)O)cc(NC(=O)OCC2c3ccccc3-c3ccccc32)c1OC. The number of amides is 1. The summed E-state index contributed by atoms with van der Waals surface area (Å²) in [4.78, 5) is 24.0. The molecule has 1 aliphatic carbocycles. The summed E-state index contributed by atoms with van der Waals surface area (Å²) in [5.41, 5.74) is 4.57. The number of rotatable bonds is 6. The van der Waals surface area contributed by atoms with Crippen LogP contribution >= 0.6 is 0 Å². The number of carbonyl (C=O) groups excluding carboxylic acids is 1. The van der Waals surface area contributed by atoms with E-state index in [0.29, 0.717) is 0 Å². The first-order chi connectivity index (χ1) is 15.0. The lowest BCUT2D eigenvalue weighted by Gasteiger charge is -2.17. The second-order valence-electron chi connectivity index (χ2n) is 7.02. The van der Waals surface area contributed by atoms with Gasteiger partial charge in [-0.2, -0.15) is 0 Å². The maximum atomic E-state index is 12.6. The molecule has 3 aromatic carbocycles. The van der Waals surface area contributed by atoms with Gasteiger partial charge >= 0.3 is 12.1 Å². The second kappa shape index (κ2) is 8.39. The number of nitrogens with one attached hydrogen (secondary N) is 1. The Bertz CT molecular complexity index is 1110. The molecule has 0 aromatic heterocycles. The van der Waals surface area contributed by atoms with Crippen LogP contribution in [0.5, 0.6) is 11.5 Å². The molecule has 7 nitrogen and oxygen atoms in total. The third-order valence-corrected chi connectivity index (χ3v) is 5.31. The van der Waals surface area contributed by atoms with E-state index in [-0.39, 0.29) is 35.3 Å². The van der Waals surface area contributed by atoms with Crippen molar-refractivity contribution in [2.24, 2.45) is 0 Å². The number of hydrogen-bond acceptors (Lipinski definition) is 5. The van der Waals surface area contributed by atoms with Crippen molar-refractivity contribution in [1.29, 1.82) is 0 Å². The number of ether oxygens (including phenoxy) is 3. The minimum atomic E-state index is -1.16. The summed E-state index contributed by atoms with van der Waals surface area (Å²) in [7, 11) is 2.79. The van der Waals surface area contributed by atoms with E-state index in [4.69, 9.17) is 14.2 Å². The summed E-state index contributed by atoms with van der Waals surface area (Å²) >= 11 is 0. The highest BCUT2D eigenvalue weighted by Crippen LogP contribution is 2.44. The Labute approximate surface area is 179 Å². The van der Waals surface area contributed by atoms with Gasteiger partial charge in [-0.15, -0.1) is 0 Å². The molecule has 0 spiro atoms. The number of methoxy groups -OCH3 is 2. The summed E-state index contributed by atoms with van der Waals surface area (Å²) in [6, 6.07) is 18.7. The average Bonchev–Trinajstić information content (AvgIpc) is 3.10. The second-order valence-corrected chi connectivity index (χ2v) is 7.02. The minimum Gasteiger partial charge on any atom is -0.493 e. The lowest BCUT2D eigenvalue weighted by Crippen LogP contribution is -2.18. The number of hydrogen-bond donors (Lipinski definition) is 2. The maximum Gasteiger partial charge on any atom is 0.411 e. The molecule has 0 unspecified atom stereocenters. The van der Waals surface area contributed by atoms with Crippen LogP contribution in [0.2, 0.25) is 0 Å². The topological polar surface area (TPSA) is 94.1 Å². The largest absolute Gasteiger partial charge is 0.493 e. The zero-order valence-electron chi connectivity index (χ0n) is 17.0. The smallest absolute Gasteiger partial charge is 0.411 e. The van der Waals surface area contributed by atoms with E-state index in [1.165, 1.54) is 26.4 Å². The van der Waals surface area contributed by atoms with Gasteiger partial charge in [0.15, 0.2) is 11.5 Å². The summed E-state index contributed by atoms with van der Waals surface area (Å²) in [5, 5.41) is 11.9. The minimum absolute atomic E-state index is 0.0494. The van der Waals surface area contributed by atoms with E-state index < -0.39 is 12.1 Å². The van der Waals surface area contributed by atoms with E-state index in [0.717, 1.165) is 22.3 Å². The molecule has 2 N–H and O–H groups in total. The monoisotopic (exact) mass is 419 g/mol. The zero-order chi connectivity index (χ0) is 22.0. The first-order valence-electron chi connectivity index (χ1n) is 9.64. The van der Waals surface area contributed by atoms with Crippen LogP contribution in [0.15, 0.2) is 60.7 Å². The lowest BCUT2D eigenvalue weighted by molar-refractivity contribution is 0.0696. The Morgan fingerprint density at radius 1 is 0.935 bits per heavy atom. The normalized spacial score (nSPS) is 11.9. The van der Waals surface area contributed by atoms with Crippen molar-refractivity contribution < 1.29 is 28.9 Å². The van der Waals surface area contributed by atoms with Gasteiger partial charge in [0.25, 0.3) is 0 Å². The molecule has 0 atom stereocenters. The fourth-order valence-electron chi connectivity index (χ4n) is 3.93. The predicted octanol–water partition coefficient (Wildman–Crippen LogP) is 4.76. The molecule has 0 aliphatic heterocycles. The highest BCUT2D eigenvalue weighted by atomic mass is 16.5. The van der Waals surface area contributed by atoms with Crippen LogP contribution in [0.4, 0.5) is 10.5 Å². The van der Waals surface area contributed by atoms with Crippen molar-refractivity contribution in [3.63, 3.8) is 0 Å². The Kier molecular flexibility index (Phi) is 5.49. The van der Waals surface area contributed by atoms with Crippen molar-refractivity contribution >= 4 is 17.7 Å². The molecule has 0 fully saturated rings. The van der Waals surface area contributed by atoms with Crippen molar-refractivity contribution in [2.45, 2.75) is 5.92 Å². The summed E-state index contributed by atoms with van der Waals surface area (Å²) in [6.45, 7) is 0.137. The molecule has 1 amide bonds. The Balaban J connectivity index is 1.54. The Hall–Kier alpha value is -4.00. The Morgan fingerprint density at radius 2 is 1.55 bits per heavy atom. The van der Waals surface area contributed by atoms with Crippen molar-refractivity contribution in [2.75, 3.05) is 26.1 Å². The molecule has 0 saturated carbocycles. The summed E-state index contributed by atoms with van der Waals surface area (Å²) in [5.74, 6) is -0.839. The molecule has 0 bridgehead atoms. The maximum absolute atomic E-state index is 12.6. The van der Waals surface area contributed by atoms with Crippen molar-refractivity contribution in [1.82, 2.24) is 0 Å². The fraction of sp³-hybridized carbons (Fsp3) is 0.167. The van der Waals surface area contributed by atoms with Gasteiger partial charge in [0, 0.05) is 5.92 Å². The summed E-state index contributed by atoms with van der Waals surface area (Å²) < 4.78 is 16.0. The highest BCUT2D eigenvalue weighted by Gasteiger charge is 2.29. The lowest BCUT2D eigenvalue weighted by atomic mass is 9.98. The number of carbonyl (C=O) groups is 2. The number of fused-ring (bicyclic) bond motifs is 3. The van der Waals surface area contributed by atoms with E-state index in [1.54, 1.807) is 0 Å². The van der Waals surface area contributed by atoms with Crippen LogP contribution in [-0.2, 0) is 4.74 Å². The molecule has 0 radical (unpaired) electrons. The van der Waals surface area contributed by atoms with E-state index in [1.807, 2.05) is 36.4 Å². The third-order valence-electron chi connectivity index (χ3n) is 5.31. The molecule has 158 valence electrons. The Morgan fingerprint density at radius 3 is 2.10 bits per heavy atom. The first-order valence-corrected chi connectivity index (χ1v) is 9.64. The third kappa shape index (κ3) is 3.77. The predicted molar refractivity (Wildman–Crippen MR) is 115 cm³/mol. The quantitative estimate of drug-likeness (QED) is 0.598. The molecule has 31 heavy (non-hydrogen) atoms. The molecular formula is C24H21NO6. The molecule has 1 aliphatic rings. The van der Waals surface area contributed by atoms with Crippen LogP contribution in [0.1, 0.15) is 27.4 Å². The molecule has 0 heterocycles. The molecule has 0 saturated heterocycles. The molecular weight excluding hydrogens is 398 g/mol. The fourth-order valence-corrected chi connectivity index (χ4v) is 3.93. The van der Waals surface area contributed by atoms with Gasteiger partial charge in [0.2, 0.25) is 0 Å². The zero-order valence-corrected chi connectivity index (χ0v) is 17.0. The van der Waals surface area contributed by atoms with Gasteiger partial charge in [-0.3, -0.25) is 5.32 Å². The van der Waals surface area contributed by atoms with Gasteiger partial charge in [-0.1, -0.05) is 48.5 Å². The number of aromatic carboxylic acids is 1. The molecule has 3 aromatic rings. The standard InChI is InChI=1S/C24H21NO6/c1-29-21-12-14(23(26)27)11-20(22(21)30-2)25-24(28)31-13-19-17-9-5-3-7-15(17)16-8-4-6-10-18(16)19/h3-12,19H,13H2,1-2H3,(H,25,28)(H,26,27). The van der Waals surface area contributed by atoms with Crippen LogP contribution in [-0.4, -0.2) is 38.0 Å². The van der Waals surface area contributed by atoms with E-state index in [9.17, 15) is 14.7 Å². The number of benzene rings is 3. The van der Waals surface area contributed by atoms with Gasteiger partial charge in [0.05, 0.1) is 25.5 Å². The van der Waals surface area contributed by atoms with Gasteiger partial charge in [-0.25, -0.2) is 9.59 Å². The number of anilines is 1. The van der Waals surface area contributed by atoms with Crippen LogP contribution in [0.25, 0.3) is 11.1 Å². The summed E-state index contributed by atoms with van der Waals surface area (Å²) in [6.07, 6.45) is -0.718. The van der Waals surface area contributed by atoms with Crippen LogP contribution in [0, 0.1) is 0 Å². The van der Waals surface area contributed by atoms with E-state index >= 15 is 0 Å². The molecule has 4 rings (SSSR count). The van der Waals surface area contributed by atoms with Crippen LogP contribution < -0.4 is 14.8 Å². The average molecular weight is 419 g/mol. The van der Waals surface area contributed by atoms with Crippen molar-refractivity contribution in [3.05, 3.63) is 77.4 Å². The number of carboxylic acids is 1. The van der Waals surface area contributed by atoms with E-state index in [2.05, 4.69) is 17.4 Å². The molecule has 7 heteroatoms. The first kappa shape index (κ1) is 20.3. The van der Waals surface area contributed by atoms with Gasteiger partial charge < -0.3 is 19.3 Å². The van der Waals surface area contributed by atoms with Crippen molar-refractivity contribution in [3.8, 4) is 22.6 Å². The van der Waals surface area contributed by atoms with Gasteiger partial charge in [-0.05, 0) is 34.4 Å². The van der Waals surface area contributed by atoms with Gasteiger partial charge in [0.1, 0.15) is 6.61 Å².